The number of hydrogen-bond donors (Lipinski definition) is 1. The van der Waals surface area contributed by atoms with Gasteiger partial charge in [-0.15, -0.1) is 11.3 Å². The van der Waals surface area contributed by atoms with Crippen LogP contribution < -0.4 is 15.0 Å². The number of anilines is 1. The fraction of sp³-hybridized carbons (Fsp3) is 0.280. The molecule has 0 atom stereocenters. The van der Waals surface area contributed by atoms with Crippen LogP contribution in [0.3, 0.4) is 0 Å². The first-order valence-corrected chi connectivity index (χ1v) is 11.1. The molecule has 0 aliphatic rings. The Bertz CT molecular complexity index is 1020. The molecule has 5 nitrogen and oxygen atoms in total. The zero-order chi connectivity index (χ0) is 22.4. The van der Waals surface area contributed by atoms with Crippen molar-refractivity contribution in [1.29, 1.82) is 0 Å². The molecule has 1 aromatic heterocycles. The zero-order valence-electron chi connectivity index (χ0n) is 18.3. The van der Waals surface area contributed by atoms with Gasteiger partial charge in [-0.25, -0.2) is 0 Å². The van der Waals surface area contributed by atoms with Gasteiger partial charge in [-0.1, -0.05) is 51.1 Å². The van der Waals surface area contributed by atoms with Crippen molar-refractivity contribution in [3.05, 3.63) is 82.0 Å². The van der Waals surface area contributed by atoms with Gasteiger partial charge in [0, 0.05) is 7.05 Å². The Balaban J connectivity index is 1.57. The molecule has 0 bridgehead atoms. The highest BCUT2D eigenvalue weighted by molar-refractivity contribution is 7.12. The highest BCUT2D eigenvalue weighted by Gasteiger charge is 2.20. The number of thiophene rings is 1. The summed E-state index contributed by atoms with van der Waals surface area (Å²) in [5.74, 6) is 0.384. The minimum atomic E-state index is -0.242. The predicted molar refractivity (Wildman–Crippen MR) is 126 cm³/mol. The fourth-order valence-electron chi connectivity index (χ4n) is 3.11. The van der Waals surface area contributed by atoms with Gasteiger partial charge in [0.05, 0.1) is 22.7 Å². The molecule has 0 aliphatic heterocycles. The summed E-state index contributed by atoms with van der Waals surface area (Å²) >= 11 is 1.38. The van der Waals surface area contributed by atoms with Crippen molar-refractivity contribution in [3.8, 4) is 5.75 Å². The average molecular weight is 437 g/mol. The smallest absolute Gasteiger partial charge is 0.268 e. The van der Waals surface area contributed by atoms with Crippen molar-refractivity contribution in [1.82, 2.24) is 5.32 Å². The van der Waals surface area contributed by atoms with Crippen molar-refractivity contribution < 1.29 is 14.3 Å². The van der Waals surface area contributed by atoms with Crippen LogP contribution in [-0.4, -0.2) is 32.0 Å². The lowest BCUT2D eigenvalue weighted by Gasteiger charge is -2.20. The molecule has 0 fully saturated rings. The molecular weight excluding hydrogens is 408 g/mol. The molecule has 0 saturated heterocycles. The summed E-state index contributed by atoms with van der Waals surface area (Å²) in [5, 5.41) is 4.73. The highest BCUT2D eigenvalue weighted by atomic mass is 32.1. The molecule has 2 aromatic carbocycles. The average Bonchev–Trinajstić information content (AvgIpc) is 3.30. The normalized spacial score (nSPS) is 11.1. The van der Waals surface area contributed by atoms with E-state index in [1.807, 2.05) is 29.6 Å². The first-order chi connectivity index (χ1) is 14.8. The van der Waals surface area contributed by atoms with Gasteiger partial charge in [-0.05, 0) is 46.7 Å². The fourth-order valence-corrected chi connectivity index (χ4v) is 3.81. The number of carbonyl (C=O) groups is 2. The quantitative estimate of drug-likeness (QED) is 0.522. The summed E-state index contributed by atoms with van der Waals surface area (Å²) in [4.78, 5) is 27.5. The molecule has 0 saturated carbocycles. The van der Waals surface area contributed by atoms with Crippen molar-refractivity contribution in [2.24, 2.45) is 0 Å². The Labute approximate surface area is 187 Å². The van der Waals surface area contributed by atoms with Crippen molar-refractivity contribution >= 4 is 28.8 Å². The second-order valence-electron chi connectivity index (χ2n) is 8.24. The Hall–Kier alpha value is -3.12. The number of ether oxygens (including phenoxy) is 1. The molecule has 1 heterocycles. The monoisotopic (exact) mass is 436 g/mol. The third kappa shape index (κ3) is 5.73. The molecule has 0 radical (unpaired) electrons. The molecule has 31 heavy (non-hydrogen) atoms. The van der Waals surface area contributed by atoms with Crippen LogP contribution in [0.25, 0.3) is 0 Å². The number of nitrogens with zero attached hydrogens (tertiary/aromatic N) is 1. The van der Waals surface area contributed by atoms with Crippen LogP contribution >= 0.6 is 11.3 Å². The minimum Gasteiger partial charge on any atom is -0.492 e. The molecule has 0 aliphatic carbocycles. The van der Waals surface area contributed by atoms with E-state index in [1.54, 1.807) is 31.3 Å². The lowest BCUT2D eigenvalue weighted by Crippen LogP contribution is -2.32. The summed E-state index contributed by atoms with van der Waals surface area (Å²) in [6.07, 6.45) is 0. The Kier molecular flexibility index (Phi) is 7.13. The first-order valence-electron chi connectivity index (χ1n) is 10.2. The van der Waals surface area contributed by atoms with Crippen molar-refractivity contribution in [2.75, 3.05) is 25.1 Å². The number of hydrogen-bond acceptors (Lipinski definition) is 4. The Morgan fingerprint density at radius 2 is 1.71 bits per heavy atom. The van der Waals surface area contributed by atoms with Crippen molar-refractivity contribution in [2.45, 2.75) is 26.2 Å². The number of nitrogens with one attached hydrogen (secondary N) is 1. The standard InChI is InChI=1S/C25H28N2O3S/c1-25(2,3)18-11-13-19(14-12-18)30-16-15-26-23(28)20-8-5-6-9-21(20)27(4)24(29)22-10-7-17-31-22/h5-14,17H,15-16H2,1-4H3,(H,26,28). The van der Waals surface area contributed by atoms with Gasteiger partial charge in [0.15, 0.2) is 0 Å². The number of carbonyl (C=O) groups excluding carboxylic acids is 2. The molecular formula is C25H28N2O3S. The highest BCUT2D eigenvalue weighted by Crippen LogP contribution is 2.24. The molecule has 3 aromatic rings. The summed E-state index contributed by atoms with van der Waals surface area (Å²) in [7, 11) is 1.68. The third-order valence-electron chi connectivity index (χ3n) is 4.92. The van der Waals surface area contributed by atoms with E-state index in [-0.39, 0.29) is 17.2 Å². The van der Waals surface area contributed by atoms with Gasteiger partial charge >= 0.3 is 0 Å². The molecule has 1 N–H and O–H groups in total. The zero-order valence-corrected chi connectivity index (χ0v) is 19.2. The van der Waals surface area contributed by atoms with E-state index < -0.39 is 0 Å². The van der Waals surface area contributed by atoms with Gasteiger partial charge in [0.2, 0.25) is 0 Å². The SMILES string of the molecule is CN(C(=O)c1cccs1)c1ccccc1C(=O)NCCOc1ccc(C(C)(C)C)cc1. The molecule has 6 heteroatoms. The maximum atomic E-state index is 12.7. The van der Waals surface area contributed by atoms with E-state index in [1.165, 1.54) is 21.8 Å². The summed E-state index contributed by atoms with van der Waals surface area (Å²) in [6, 6.07) is 18.7. The molecule has 0 spiro atoms. The van der Waals surface area contributed by atoms with Gasteiger partial charge in [0.1, 0.15) is 12.4 Å². The first kappa shape index (κ1) is 22.6. The van der Waals surface area contributed by atoms with Gasteiger partial charge in [0.25, 0.3) is 11.8 Å². The van der Waals surface area contributed by atoms with E-state index in [0.29, 0.717) is 29.3 Å². The number of para-hydroxylation sites is 1. The van der Waals surface area contributed by atoms with Crippen LogP contribution in [0.15, 0.2) is 66.0 Å². The minimum absolute atomic E-state index is 0.0952. The summed E-state index contributed by atoms with van der Waals surface area (Å²) in [5.41, 5.74) is 2.35. The molecule has 3 rings (SSSR count). The van der Waals surface area contributed by atoms with E-state index in [0.717, 1.165) is 5.75 Å². The van der Waals surface area contributed by atoms with Crippen LogP contribution in [0.5, 0.6) is 5.75 Å². The van der Waals surface area contributed by atoms with Gasteiger partial charge < -0.3 is 15.0 Å². The van der Waals surface area contributed by atoms with Crippen LogP contribution in [0.2, 0.25) is 0 Å². The van der Waals surface area contributed by atoms with Crippen LogP contribution in [-0.2, 0) is 5.41 Å². The number of benzene rings is 2. The van der Waals surface area contributed by atoms with Crippen molar-refractivity contribution in [3.63, 3.8) is 0 Å². The van der Waals surface area contributed by atoms with Gasteiger partial charge in [-0.2, -0.15) is 0 Å². The van der Waals surface area contributed by atoms with Gasteiger partial charge in [-0.3, -0.25) is 9.59 Å². The third-order valence-corrected chi connectivity index (χ3v) is 5.78. The van der Waals surface area contributed by atoms with E-state index in [4.69, 9.17) is 4.74 Å². The lowest BCUT2D eigenvalue weighted by molar-refractivity contribution is 0.0947. The van der Waals surface area contributed by atoms with E-state index in [9.17, 15) is 9.59 Å². The van der Waals surface area contributed by atoms with E-state index >= 15 is 0 Å². The second-order valence-corrected chi connectivity index (χ2v) is 9.19. The van der Waals surface area contributed by atoms with Crippen LogP contribution in [0.1, 0.15) is 46.4 Å². The molecule has 2 amide bonds. The maximum Gasteiger partial charge on any atom is 0.268 e. The maximum absolute atomic E-state index is 12.7. The van der Waals surface area contributed by atoms with Crippen LogP contribution in [0.4, 0.5) is 5.69 Å². The predicted octanol–water partition coefficient (Wildman–Crippen LogP) is 5.13. The molecule has 162 valence electrons. The second kappa shape index (κ2) is 9.79. The topological polar surface area (TPSA) is 58.6 Å². The number of rotatable bonds is 7. The summed E-state index contributed by atoms with van der Waals surface area (Å²) in [6.45, 7) is 7.22. The summed E-state index contributed by atoms with van der Waals surface area (Å²) < 4.78 is 5.75. The Morgan fingerprint density at radius 1 is 1.00 bits per heavy atom. The van der Waals surface area contributed by atoms with Crippen LogP contribution in [0, 0.1) is 0 Å². The number of amides is 2. The molecule has 0 unspecified atom stereocenters. The van der Waals surface area contributed by atoms with E-state index in [2.05, 4.69) is 38.2 Å². The Morgan fingerprint density at radius 3 is 2.35 bits per heavy atom. The lowest BCUT2D eigenvalue weighted by atomic mass is 9.87. The largest absolute Gasteiger partial charge is 0.492 e.